The Balaban J connectivity index is 1.64. The van der Waals surface area contributed by atoms with Crippen molar-refractivity contribution in [2.75, 3.05) is 19.7 Å². The van der Waals surface area contributed by atoms with Gasteiger partial charge in [-0.15, -0.1) is 11.3 Å². The van der Waals surface area contributed by atoms with Gasteiger partial charge in [-0.25, -0.2) is 0 Å². The topological polar surface area (TPSA) is 68.6 Å². The van der Waals surface area contributed by atoms with Crippen molar-refractivity contribution >= 4 is 55.8 Å². The summed E-state index contributed by atoms with van der Waals surface area (Å²) >= 11 is 7.43. The normalized spacial score (nSPS) is 15.2. The summed E-state index contributed by atoms with van der Waals surface area (Å²) in [6.07, 6.45) is 1.19. The lowest BCUT2D eigenvalue weighted by molar-refractivity contribution is -0.149. The SMILES string of the molecule is CCOC(=O)C1CCN(C(=O)c2cc3c(=O)n(C)c4cc(Cl)ccc4c3s2)CC1. The van der Waals surface area contributed by atoms with E-state index in [4.69, 9.17) is 16.3 Å². The van der Waals surface area contributed by atoms with E-state index in [2.05, 4.69) is 0 Å². The van der Waals surface area contributed by atoms with Crippen LogP contribution in [-0.2, 0) is 16.6 Å². The first kappa shape index (κ1) is 19.9. The van der Waals surface area contributed by atoms with E-state index >= 15 is 0 Å². The third kappa shape index (κ3) is 3.53. The number of piperidine rings is 1. The summed E-state index contributed by atoms with van der Waals surface area (Å²) in [6.45, 7) is 3.17. The number of carbonyl (C=O) groups is 2. The first-order chi connectivity index (χ1) is 13.9. The number of rotatable bonds is 3. The van der Waals surface area contributed by atoms with Gasteiger partial charge in [-0.3, -0.25) is 14.4 Å². The molecule has 0 saturated carbocycles. The lowest BCUT2D eigenvalue weighted by atomic mass is 9.97. The Morgan fingerprint density at radius 3 is 2.62 bits per heavy atom. The van der Waals surface area contributed by atoms with Crippen LogP contribution in [0.1, 0.15) is 29.4 Å². The second-order valence-electron chi connectivity index (χ2n) is 7.20. The van der Waals surface area contributed by atoms with Crippen LogP contribution in [0.5, 0.6) is 0 Å². The molecule has 0 spiro atoms. The molecule has 152 valence electrons. The van der Waals surface area contributed by atoms with Crippen LogP contribution in [0.25, 0.3) is 21.0 Å². The van der Waals surface area contributed by atoms with E-state index in [1.54, 1.807) is 41.6 Å². The summed E-state index contributed by atoms with van der Waals surface area (Å²) in [5.74, 6) is -0.435. The molecule has 3 aromatic rings. The van der Waals surface area contributed by atoms with Gasteiger partial charge in [-0.1, -0.05) is 11.6 Å². The maximum absolute atomic E-state index is 13.0. The van der Waals surface area contributed by atoms with Gasteiger partial charge in [0.05, 0.1) is 28.3 Å². The molecule has 2 aromatic heterocycles. The first-order valence-electron chi connectivity index (χ1n) is 9.58. The number of likely N-dealkylation sites (tertiary alicyclic amines) is 1. The monoisotopic (exact) mass is 432 g/mol. The molecule has 1 aromatic carbocycles. The minimum Gasteiger partial charge on any atom is -0.466 e. The van der Waals surface area contributed by atoms with E-state index in [1.165, 1.54) is 11.3 Å². The number of ether oxygens (including phenoxy) is 1. The van der Waals surface area contributed by atoms with Gasteiger partial charge in [0, 0.05) is 35.2 Å². The van der Waals surface area contributed by atoms with Crippen LogP contribution in [-0.4, -0.2) is 41.0 Å². The number of fused-ring (bicyclic) bond motifs is 3. The third-order valence-electron chi connectivity index (χ3n) is 5.45. The molecule has 1 saturated heterocycles. The van der Waals surface area contributed by atoms with Crippen molar-refractivity contribution in [2.45, 2.75) is 19.8 Å². The minimum absolute atomic E-state index is 0.0994. The van der Waals surface area contributed by atoms with Crippen molar-refractivity contribution in [1.82, 2.24) is 9.47 Å². The molecule has 0 bridgehead atoms. The Morgan fingerprint density at radius 2 is 1.93 bits per heavy atom. The van der Waals surface area contributed by atoms with Gasteiger partial charge >= 0.3 is 5.97 Å². The fraction of sp³-hybridized carbons (Fsp3) is 0.381. The fourth-order valence-corrected chi connectivity index (χ4v) is 5.17. The molecular weight excluding hydrogens is 412 g/mol. The third-order valence-corrected chi connectivity index (χ3v) is 6.84. The summed E-state index contributed by atoms with van der Waals surface area (Å²) in [6, 6.07) is 7.12. The lowest BCUT2D eigenvalue weighted by Gasteiger charge is -2.30. The molecule has 0 atom stereocenters. The lowest BCUT2D eigenvalue weighted by Crippen LogP contribution is -2.40. The number of hydrogen-bond acceptors (Lipinski definition) is 5. The van der Waals surface area contributed by atoms with Crippen LogP contribution in [0.15, 0.2) is 29.1 Å². The number of aryl methyl sites for hydroxylation is 1. The molecule has 29 heavy (non-hydrogen) atoms. The Labute approximate surface area is 176 Å². The summed E-state index contributed by atoms with van der Waals surface area (Å²) in [5.41, 5.74) is 0.595. The molecule has 4 rings (SSSR count). The number of thiophene rings is 1. The second kappa shape index (κ2) is 7.80. The van der Waals surface area contributed by atoms with Crippen LogP contribution >= 0.6 is 22.9 Å². The van der Waals surface area contributed by atoms with E-state index in [0.717, 1.165) is 15.6 Å². The number of esters is 1. The molecule has 8 heteroatoms. The zero-order chi connectivity index (χ0) is 20.7. The van der Waals surface area contributed by atoms with Crippen molar-refractivity contribution < 1.29 is 14.3 Å². The highest BCUT2D eigenvalue weighted by Crippen LogP contribution is 2.33. The summed E-state index contributed by atoms with van der Waals surface area (Å²) < 4.78 is 7.45. The number of halogens is 1. The van der Waals surface area contributed by atoms with E-state index < -0.39 is 0 Å². The van der Waals surface area contributed by atoms with Crippen molar-refractivity contribution in [3.8, 4) is 0 Å². The minimum atomic E-state index is -0.185. The second-order valence-corrected chi connectivity index (χ2v) is 8.69. The van der Waals surface area contributed by atoms with Gasteiger partial charge in [0.2, 0.25) is 0 Å². The van der Waals surface area contributed by atoms with Gasteiger partial charge < -0.3 is 14.2 Å². The van der Waals surface area contributed by atoms with Crippen LogP contribution in [0, 0.1) is 5.92 Å². The Kier molecular flexibility index (Phi) is 5.36. The van der Waals surface area contributed by atoms with Crippen LogP contribution in [0.4, 0.5) is 0 Å². The van der Waals surface area contributed by atoms with E-state index in [-0.39, 0.29) is 23.4 Å². The molecule has 6 nitrogen and oxygen atoms in total. The predicted octanol–water partition coefficient (Wildman–Crippen LogP) is 3.82. The summed E-state index contributed by atoms with van der Waals surface area (Å²) in [5, 5.41) is 2.00. The predicted molar refractivity (Wildman–Crippen MR) is 115 cm³/mol. The van der Waals surface area contributed by atoms with E-state index in [0.29, 0.717) is 47.8 Å². The number of aromatic nitrogens is 1. The van der Waals surface area contributed by atoms with Gasteiger partial charge in [-0.2, -0.15) is 0 Å². The highest BCUT2D eigenvalue weighted by Gasteiger charge is 2.29. The number of benzene rings is 1. The number of pyridine rings is 1. The fourth-order valence-electron chi connectivity index (χ4n) is 3.85. The average molecular weight is 433 g/mol. The first-order valence-corrected chi connectivity index (χ1v) is 10.8. The molecule has 0 radical (unpaired) electrons. The van der Waals surface area contributed by atoms with Crippen molar-refractivity contribution in [3.05, 3.63) is 44.5 Å². The Hall–Kier alpha value is -2.38. The number of carbonyl (C=O) groups excluding carboxylic acids is 2. The molecule has 1 aliphatic rings. The molecule has 0 unspecified atom stereocenters. The highest BCUT2D eigenvalue weighted by molar-refractivity contribution is 7.21. The standard InChI is InChI=1S/C21H21ClN2O4S/c1-3-28-21(27)12-6-8-24(9-7-12)20(26)17-11-15-18(29-17)14-5-4-13(22)10-16(14)23(2)19(15)25/h4-5,10-12H,3,6-9H2,1-2H3. The zero-order valence-electron chi connectivity index (χ0n) is 16.2. The molecular formula is C21H21ClN2O4S. The quantitative estimate of drug-likeness (QED) is 0.590. The van der Waals surface area contributed by atoms with Gasteiger partial charge in [0.25, 0.3) is 11.5 Å². The molecule has 1 amide bonds. The van der Waals surface area contributed by atoms with Gasteiger partial charge in [-0.05, 0) is 44.0 Å². The van der Waals surface area contributed by atoms with Crippen molar-refractivity contribution in [2.24, 2.45) is 13.0 Å². The van der Waals surface area contributed by atoms with Crippen LogP contribution in [0.2, 0.25) is 5.02 Å². The van der Waals surface area contributed by atoms with Crippen molar-refractivity contribution in [1.29, 1.82) is 0 Å². The number of amides is 1. The zero-order valence-corrected chi connectivity index (χ0v) is 17.8. The molecule has 0 N–H and O–H groups in total. The van der Waals surface area contributed by atoms with Crippen LogP contribution < -0.4 is 5.56 Å². The Bertz CT molecular complexity index is 1170. The molecule has 1 aliphatic heterocycles. The largest absolute Gasteiger partial charge is 0.466 e. The van der Waals surface area contributed by atoms with Crippen LogP contribution in [0.3, 0.4) is 0 Å². The molecule has 3 heterocycles. The number of hydrogen-bond donors (Lipinski definition) is 0. The summed E-state index contributed by atoms with van der Waals surface area (Å²) in [7, 11) is 1.71. The Morgan fingerprint density at radius 1 is 1.21 bits per heavy atom. The van der Waals surface area contributed by atoms with Gasteiger partial charge in [0.15, 0.2) is 0 Å². The van der Waals surface area contributed by atoms with E-state index in [9.17, 15) is 14.4 Å². The summed E-state index contributed by atoms with van der Waals surface area (Å²) in [4.78, 5) is 40.0. The molecule has 0 aliphatic carbocycles. The smallest absolute Gasteiger partial charge is 0.309 e. The maximum Gasteiger partial charge on any atom is 0.309 e. The van der Waals surface area contributed by atoms with E-state index in [1.807, 2.05) is 6.07 Å². The maximum atomic E-state index is 13.0. The number of nitrogens with zero attached hydrogens (tertiary/aromatic N) is 2. The van der Waals surface area contributed by atoms with Crippen molar-refractivity contribution in [3.63, 3.8) is 0 Å². The molecule has 1 fully saturated rings. The average Bonchev–Trinajstić information content (AvgIpc) is 3.17. The van der Waals surface area contributed by atoms with Gasteiger partial charge in [0.1, 0.15) is 0 Å². The highest BCUT2D eigenvalue weighted by atomic mass is 35.5.